The van der Waals surface area contributed by atoms with E-state index >= 15 is 0 Å². The molecule has 0 spiro atoms. The maximum Gasteiger partial charge on any atom is 0.433 e. The molecule has 0 saturated carbocycles. The van der Waals surface area contributed by atoms with Crippen LogP contribution in [0.15, 0.2) is 78.9 Å². The van der Waals surface area contributed by atoms with Crippen LogP contribution in [0.25, 0.3) is 0 Å². The fraction of sp³-hybridized carbons (Fsp3) is 0.486. The third-order valence-corrected chi connectivity index (χ3v) is 9.65. The molecule has 0 bridgehead atoms. The fourth-order valence-corrected chi connectivity index (χ4v) is 7.06. The monoisotopic (exact) mass is 682 g/mol. The van der Waals surface area contributed by atoms with E-state index in [0.717, 1.165) is 36.6 Å². The number of nitrogens with zero attached hydrogens (tertiary/aromatic N) is 5. The Labute approximate surface area is 286 Å². The third-order valence-electron chi connectivity index (χ3n) is 9.65. The van der Waals surface area contributed by atoms with Gasteiger partial charge in [0.2, 0.25) is 11.8 Å². The summed E-state index contributed by atoms with van der Waals surface area (Å²) in [6.45, 7) is 4.37. The number of anilines is 1. The van der Waals surface area contributed by atoms with Crippen molar-refractivity contribution in [3.05, 3.63) is 95.7 Å². The van der Waals surface area contributed by atoms with Gasteiger partial charge < -0.3 is 15.1 Å². The molecule has 2 aromatic carbocycles. The van der Waals surface area contributed by atoms with E-state index in [2.05, 4.69) is 15.2 Å². The Hall–Kier alpha value is -4.03. The van der Waals surface area contributed by atoms with Crippen molar-refractivity contribution < 1.29 is 27.2 Å². The van der Waals surface area contributed by atoms with Crippen LogP contribution >= 0.6 is 0 Å². The van der Waals surface area contributed by atoms with Crippen LogP contribution in [0.4, 0.5) is 23.4 Å². The zero-order valence-corrected chi connectivity index (χ0v) is 28.2. The molecule has 3 aromatic rings. The predicted molar refractivity (Wildman–Crippen MR) is 182 cm³/mol. The van der Waals surface area contributed by atoms with Gasteiger partial charge in [-0.25, -0.2) is 9.37 Å². The molecular weight excluding hydrogens is 636 g/mol. The Bertz CT molecular complexity index is 1480. The number of likely N-dealkylation sites (tertiary alicyclic amines) is 1. The summed E-state index contributed by atoms with van der Waals surface area (Å²) in [5.41, 5.74) is -0.184. The molecule has 264 valence electrons. The van der Waals surface area contributed by atoms with E-state index in [1.807, 2.05) is 70.5 Å². The minimum Gasteiger partial charge on any atom is -0.355 e. The van der Waals surface area contributed by atoms with E-state index in [4.69, 9.17) is 0 Å². The lowest BCUT2D eigenvalue weighted by Crippen LogP contribution is -2.49. The molecule has 49 heavy (non-hydrogen) atoms. The van der Waals surface area contributed by atoms with Gasteiger partial charge >= 0.3 is 6.18 Å². The van der Waals surface area contributed by atoms with Gasteiger partial charge in [-0.15, -0.1) is 0 Å². The molecular formula is C37H46F4N6O2. The molecule has 2 aliphatic heterocycles. The number of benzene rings is 2. The molecule has 0 radical (unpaired) electrons. The maximum atomic E-state index is 14.8. The van der Waals surface area contributed by atoms with Crippen LogP contribution in [0.5, 0.6) is 0 Å². The van der Waals surface area contributed by atoms with Crippen molar-refractivity contribution in [1.82, 2.24) is 25.0 Å². The van der Waals surface area contributed by atoms with Crippen molar-refractivity contribution in [1.29, 1.82) is 0 Å². The average Bonchev–Trinajstić information content (AvgIpc) is 3.49. The topological polar surface area (TPSA) is 72.0 Å². The second-order valence-electron chi connectivity index (χ2n) is 13.1. The van der Waals surface area contributed by atoms with Crippen LogP contribution < -0.4 is 10.2 Å². The Morgan fingerprint density at radius 3 is 2.08 bits per heavy atom. The van der Waals surface area contributed by atoms with Gasteiger partial charge in [-0.1, -0.05) is 66.7 Å². The van der Waals surface area contributed by atoms with Crippen molar-refractivity contribution in [2.24, 2.45) is 0 Å². The number of alkyl halides is 4. The Balaban J connectivity index is 1.12. The first-order chi connectivity index (χ1) is 23.5. The summed E-state index contributed by atoms with van der Waals surface area (Å²) in [6.07, 6.45) is -3.53. The first-order valence-electron chi connectivity index (χ1n) is 17.0. The minimum atomic E-state index is -4.47. The van der Waals surface area contributed by atoms with Crippen molar-refractivity contribution in [3.8, 4) is 0 Å². The highest BCUT2D eigenvalue weighted by molar-refractivity contribution is 5.92. The third kappa shape index (κ3) is 8.77. The second kappa shape index (κ2) is 16.1. The van der Waals surface area contributed by atoms with Gasteiger partial charge in [0.15, 0.2) is 0 Å². The van der Waals surface area contributed by atoms with Crippen LogP contribution in [0.2, 0.25) is 0 Å². The zero-order chi connectivity index (χ0) is 35.0. The molecule has 2 amide bonds. The summed E-state index contributed by atoms with van der Waals surface area (Å²) < 4.78 is 54.0. The fourth-order valence-electron chi connectivity index (χ4n) is 7.06. The number of unbranched alkanes of at least 4 members (excludes halogenated alkanes) is 1. The summed E-state index contributed by atoms with van der Waals surface area (Å²) in [4.78, 5) is 38.8. The largest absolute Gasteiger partial charge is 0.433 e. The smallest absolute Gasteiger partial charge is 0.355 e. The molecule has 2 saturated heterocycles. The molecule has 0 unspecified atom stereocenters. The maximum absolute atomic E-state index is 14.8. The molecule has 3 heterocycles. The standard InChI is InChI=1S/C37H46F4N6O2/c1-44(2)35(49)36(28-12-5-3-6-13-28,29-14-7-4-8-15-29)18-21-47-27-30(38)26-31(47)34(48)42-19-9-10-20-45-22-24-46(25-23-45)33-17-11-16-32(43-33)37(39,40)41/h3-8,11-17,30-31H,9-10,18-27H2,1-2H3,(H,42,48)/t30-,31+/m1/s1. The number of hydrogen-bond acceptors (Lipinski definition) is 6. The number of carbonyl (C=O) groups is 2. The van der Waals surface area contributed by atoms with Crippen molar-refractivity contribution >= 4 is 17.6 Å². The molecule has 1 aromatic heterocycles. The number of likely N-dealkylation sites (N-methyl/N-ethyl adjacent to an activating group) is 1. The number of rotatable bonds is 13. The Morgan fingerprint density at radius 2 is 1.49 bits per heavy atom. The van der Waals surface area contributed by atoms with E-state index in [-0.39, 0.29) is 24.8 Å². The molecule has 2 fully saturated rings. The normalized spacial score (nSPS) is 19.2. The Kier molecular flexibility index (Phi) is 11.9. The number of pyridine rings is 1. The highest BCUT2D eigenvalue weighted by Crippen LogP contribution is 2.38. The number of carbonyl (C=O) groups excluding carboxylic acids is 2. The summed E-state index contributed by atoms with van der Waals surface area (Å²) in [6, 6.07) is 22.7. The van der Waals surface area contributed by atoms with Gasteiger partial charge in [0.05, 0.1) is 6.04 Å². The lowest BCUT2D eigenvalue weighted by molar-refractivity contribution is -0.141. The number of amides is 2. The van der Waals surface area contributed by atoms with Gasteiger partial charge in [-0.05, 0) is 49.1 Å². The van der Waals surface area contributed by atoms with Crippen LogP contribution in [-0.4, -0.2) is 110 Å². The average molecular weight is 683 g/mol. The number of piperazine rings is 1. The van der Waals surface area contributed by atoms with E-state index < -0.39 is 29.5 Å². The first kappa shape index (κ1) is 36.3. The summed E-state index contributed by atoms with van der Waals surface area (Å²) in [5, 5.41) is 3.01. The Morgan fingerprint density at radius 1 is 0.857 bits per heavy atom. The van der Waals surface area contributed by atoms with Crippen molar-refractivity contribution in [2.45, 2.75) is 49.5 Å². The highest BCUT2D eigenvalue weighted by atomic mass is 19.4. The van der Waals surface area contributed by atoms with Crippen LogP contribution in [-0.2, 0) is 21.2 Å². The predicted octanol–water partition coefficient (Wildman–Crippen LogP) is 5.00. The van der Waals surface area contributed by atoms with Crippen LogP contribution in [0.1, 0.15) is 42.5 Å². The summed E-state index contributed by atoms with van der Waals surface area (Å²) in [5.74, 6) is 0.0609. The van der Waals surface area contributed by atoms with Gasteiger partial charge in [0.25, 0.3) is 0 Å². The number of hydrogen-bond donors (Lipinski definition) is 1. The van der Waals surface area contributed by atoms with Gasteiger partial charge in [-0.2, -0.15) is 13.2 Å². The first-order valence-corrected chi connectivity index (χ1v) is 17.0. The lowest BCUT2D eigenvalue weighted by Gasteiger charge is -2.37. The van der Waals surface area contributed by atoms with Gasteiger partial charge in [-0.3, -0.25) is 19.4 Å². The number of nitrogens with one attached hydrogen (secondary N) is 1. The minimum absolute atomic E-state index is 0.0735. The van der Waals surface area contributed by atoms with Crippen LogP contribution in [0.3, 0.4) is 0 Å². The van der Waals surface area contributed by atoms with E-state index in [0.29, 0.717) is 51.5 Å². The van der Waals surface area contributed by atoms with Crippen molar-refractivity contribution in [3.63, 3.8) is 0 Å². The van der Waals surface area contributed by atoms with E-state index in [1.165, 1.54) is 6.07 Å². The molecule has 0 aliphatic carbocycles. The van der Waals surface area contributed by atoms with Crippen LogP contribution in [0, 0.1) is 0 Å². The van der Waals surface area contributed by atoms with Crippen molar-refractivity contribution in [2.75, 3.05) is 71.4 Å². The number of halogens is 4. The number of aromatic nitrogens is 1. The lowest BCUT2D eigenvalue weighted by atomic mass is 9.70. The van der Waals surface area contributed by atoms with Gasteiger partial charge in [0, 0.05) is 66.3 Å². The quantitative estimate of drug-likeness (QED) is 0.202. The van der Waals surface area contributed by atoms with E-state index in [9.17, 15) is 27.2 Å². The summed E-state index contributed by atoms with van der Waals surface area (Å²) >= 11 is 0. The molecule has 12 heteroatoms. The second-order valence-corrected chi connectivity index (χ2v) is 13.1. The highest BCUT2D eigenvalue weighted by Gasteiger charge is 2.45. The SMILES string of the molecule is CN(C)C(=O)C(CCN1C[C@H](F)C[C@H]1C(=O)NCCCCN1CCN(c2cccc(C(F)(F)F)n2)CC1)(c1ccccc1)c1ccccc1. The molecule has 5 rings (SSSR count). The molecule has 1 N–H and O–H groups in total. The summed E-state index contributed by atoms with van der Waals surface area (Å²) in [7, 11) is 3.48. The zero-order valence-electron chi connectivity index (χ0n) is 28.2. The van der Waals surface area contributed by atoms with E-state index in [1.54, 1.807) is 25.1 Å². The molecule has 2 atom stereocenters. The molecule has 2 aliphatic rings. The molecule has 8 nitrogen and oxygen atoms in total. The van der Waals surface area contributed by atoms with Gasteiger partial charge in [0.1, 0.15) is 23.1 Å².